The van der Waals surface area contributed by atoms with Crippen LogP contribution in [0.15, 0.2) is 0 Å². The minimum absolute atomic E-state index is 0.121. The van der Waals surface area contributed by atoms with Gasteiger partial charge in [-0.3, -0.25) is 10.1 Å². The van der Waals surface area contributed by atoms with Gasteiger partial charge in [-0.05, 0) is 19.8 Å². The highest BCUT2D eigenvalue weighted by molar-refractivity contribution is 5.46. The zero-order chi connectivity index (χ0) is 8.10. The smallest absolute Gasteiger partial charge is 0.208 e. The Bertz CT molecular complexity index is 121. The molecule has 0 heterocycles. The lowest BCUT2D eigenvalue weighted by atomic mass is 10.2. The fourth-order valence-electron chi connectivity index (χ4n) is 1.60. The molecular weight excluding hydrogens is 140 g/mol. The van der Waals surface area contributed by atoms with E-state index in [0.29, 0.717) is 6.04 Å². The summed E-state index contributed by atoms with van der Waals surface area (Å²) < 4.78 is 0. The SMILES string of the molecule is CC(NC=O)NC1CCCC1. The van der Waals surface area contributed by atoms with Crippen molar-refractivity contribution in [3.63, 3.8) is 0 Å². The molecule has 0 aromatic heterocycles. The van der Waals surface area contributed by atoms with Crippen molar-refractivity contribution >= 4 is 6.41 Å². The molecule has 1 rings (SSSR count). The van der Waals surface area contributed by atoms with Crippen LogP contribution >= 0.6 is 0 Å². The number of carbonyl (C=O) groups excluding carboxylic acids is 1. The van der Waals surface area contributed by atoms with E-state index in [1.807, 2.05) is 6.92 Å². The van der Waals surface area contributed by atoms with E-state index < -0.39 is 0 Å². The molecule has 11 heavy (non-hydrogen) atoms. The molecule has 2 N–H and O–H groups in total. The molecule has 3 heteroatoms. The predicted octanol–water partition coefficient (Wildman–Crippen LogP) is 0.611. The minimum Gasteiger partial charge on any atom is -0.344 e. The Morgan fingerprint density at radius 3 is 2.64 bits per heavy atom. The van der Waals surface area contributed by atoms with Crippen LogP contribution in [0.2, 0.25) is 0 Å². The maximum Gasteiger partial charge on any atom is 0.208 e. The van der Waals surface area contributed by atoms with E-state index in [9.17, 15) is 4.79 Å². The summed E-state index contributed by atoms with van der Waals surface area (Å²) in [5, 5.41) is 6.02. The molecule has 1 aliphatic rings. The first-order chi connectivity index (χ1) is 5.33. The summed E-state index contributed by atoms with van der Waals surface area (Å²) in [7, 11) is 0. The molecule has 1 amide bonds. The molecule has 0 aromatic carbocycles. The third-order valence-corrected chi connectivity index (χ3v) is 2.16. The van der Waals surface area contributed by atoms with E-state index in [0.717, 1.165) is 6.41 Å². The number of hydrogen-bond donors (Lipinski definition) is 2. The average Bonchev–Trinajstić information content (AvgIpc) is 2.40. The Balaban J connectivity index is 2.12. The first-order valence-corrected chi connectivity index (χ1v) is 4.28. The summed E-state index contributed by atoms with van der Waals surface area (Å²) in [6.45, 7) is 1.96. The number of hydrogen-bond acceptors (Lipinski definition) is 2. The van der Waals surface area contributed by atoms with Gasteiger partial charge in [-0.2, -0.15) is 0 Å². The van der Waals surface area contributed by atoms with Crippen molar-refractivity contribution in [2.75, 3.05) is 0 Å². The second-order valence-corrected chi connectivity index (χ2v) is 3.15. The molecule has 1 aliphatic carbocycles. The van der Waals surface area contributed by atoms with E-state index in [2.05, 4.69) is 10.6 Å². The molecule has 0 radical (unpaired) electrons. The quantitative estimate of drug-likeness (QED) is 0.462. The second kappa shape index (κ2) is 4.34. The molecule has 1 saturated carbocycles. The lowest BCUT2D eigenvalue weighted by molar-refractivity contribution is -0.110. The standard InChI is InChI=1S/C8H16N2O/c1-7(9-6-11)10-8-4-2-3-5-8/h6-8,10H,2-5H2,1H3,(H,9,11). The van der Waals surface area contributed by atoms with Crippen LogP contribution in [0.4, 0.5) is 0 Å². The lowest BCUT2D eigenvalue weighted by Crippen LogP contribution is -2.43. The van der Waals surface area contributed by atoms with Crippen LogP contribution in [0.25, 0.3) is 0 Å². The van der Waals surface area contributed by atoms with E-state index in [-0.39, 0.29) is 6.17 Å². The maximum atomic E-state index is 10.0. The van der Waals surface area contributed by atoms with Crippen LogP contribution in [0.1, 0.15) is 32.6 Å². The van der Waals surface area contributed by atoms with Gasteiger partial charge in [0.1, 0.15) is 0 Å². The van der Waals surface area contributed by atoms with Crippen LogP contribution in [-0.4, -0.2) is 18.6 Å². The Morgan fingerprint density at radius 2 is 2.09 bits per heavy atom. The second-order valence-electron chi connectivity index (χ2n) is 3.15. The van der Waals surface area contributed by atoms with Gasteiger partial charge in [-0.25, -0.2) is 0 Å². The Hall–Kier alpha value is -0.570. The normalized spacial score (nSPS) is 21.5. The summed E-state index contributed by atoms with van der Waals surface area (Å²) in [6, 6.07) is 0.623. The fraction of sp³-hybridized carbons (Fsp3) is 0.875. The van der Waals surface area contributed by atoms with Crippen molar-refractivity contribution in [2.45, 2.75) is 44.8 Å². The van der Waals surface area contributed by atoms with Crippen molar-refractivity contribution in [3.05, 3.63) is 0 Å². The van der Waals surface area contributed by atoms with Crippen LogP contribution in [0.3, 0.4) is 0 Å². The molecule has 3 nitrogen and oxygen atoms in total. The topological polar surface area (TPSA) is 41.1 Å². The highest BCUT2D eigenvalue weighted by atomic mass is 16.1. The fourth-order valence-corrected chi connectivity index (χ4v) is 1.60. The lowest BCUT2D eigenvalue weighted by Gasteiger charge is -2.17. The van der Waals surface area contributed by atoms with Gasteiger partial charge in [-0.15, -0.1) is 0 Å². The van der Waals surface area contributed by atoms with Crippen molar-refractivity contribution in [1.82, 2.24) is 10.6 Å². The summed E-state index contributed by atoms with van der Waals surface area (Å²) >= 11 is 0. The molecule has 0 aliphatic heterocycles. The monoisotopic (exact) mass is 156 g/mol. The molecule has 1 unspecified atom stereocenters. The summed E-state index contributed by atoms with van der Waals surface area (Å²) in [5.74, 6) is 0. The molecule has 0 aromatic rings. The number of nitrogens with one attached hydrogen (secondary N) is 2. The van der Waals surface area contributed by atoms with Gasteiger partial charge in [0.05, 0.1) is 6.17 Å². The van der Waals surface area contributed by atoms with Gasteiger partial charge in [-0.1, -0.05) is 12.8 Å². The summed E-state index contributed by atoms with van der Waals surface area (Å²) in [4.78, 5) is 10.0. The molecule has 1 fully saturated rings. The van der Waals surface area contributed by atoms with Gasteiger partial charge in [0.25, 0.3) is 0 Å². The zero-order valence-corrected chi connectivity index (χ0v) is 6.97. The van der Waals surface area contributed by atoms with Gasteiger partial charge < -0.3 is 5.32 Å². The molecule has 0 saturated heterocycles. The van der Waals surface area contributed by atoms with E-state index in [1.54, 1.807) is 0 Å². The highest BCUT2D eigenvalue weighted by Crippen LogP contribution is 2.17. The average molecular weight is 156 g/mol. The number of carbonyl (C=O) groups is 1. The molecule has 0 bridgehead atoms. The first kappa shape index (κ1) is 8.53. The van der Waals surface area contributed by atoms with Crippen molar-refractivity contribution in [3.8, 4) is 0 Å². The van der Waals surface area contributed by atoms with Crippen LogP contribution in [-0.2, 0) is 4.79 Å². The first-order valence-electron chi connectivity index (χ1n) is 4.28. The van der Waals surface area contributed by atoms with Gasteiger partial charge in [0.15, 0.2) is 0 Å². The Kier molecular flexibility index (Phi) is 3.36. The van der Waals surface area contributed by atoms with Gasteiger partial charge in [0.2, 0.25) is 6.41 Å². The van der Waals surface area contributed by atoms with Crippen LogP contribution in [0.5, 0.6) is 0 Å². The van der Waals surface area contributed by atoms with Crippen molar-refractivity contribution in [1.29, 1.82) is 0 Å². The predicted molar refractivity (Wildman–Crippen MR) is 44.1 cm³/mol. The summed E-state index contributed by atoms with van der Waals surface area (Å²) in [5.41, 5.74) is 0. The molecule has 64 valence electrons. The van der Waals surface area contributed by atoms with Gasteiger partial charge in [0, 0.05) is 6.04 Å². The van der Waals surface area contributed by atoms with E-state index >= 15 is 0 Å². The number of amides is 1. The van der Waals surface area contributed by atoms with Crippen LogP contribution < -0.4 is 10.6 Å². The van der Waals surface area contributed by atoms with E-state index in [4.69, 9.17) is 0 Å². The molecule has 0 spiro atoms. The summed E-state index contributed by atoms with van der Waals surface area (Å²) in [6.07, 6.45) is 6.02. The molecular formula is C8H16N2O. The highest BCUT2D eigenvalue weighted by Gasteiger charge is 2.15. The Morgan fingerprint density at radius 1 is 1.45 bits per heavy atom. The van der Waals surface area contributed by atoms with Gasteiger partial charge >= 0.3 is 0 Å². The largest absolute Gasteiger partial charge is 0.344 e. The van der Waals surface area contributed by atoms with E-state index in [1.165, 1.54) is 25.7 Å². The third-order valence-electron chi connectivity index (χ3n) is 2.16. The van der Waals surface area contributed by atoms with Crippen LogP contribution in [0, 0.1) is 0 Å². The number of rotatable bonds is 4. The van der Waals surface area contributed by atoms with Crippen molar-refractivity contribution in [2.24, 2.45) is 0 Å². The Labute approximate surface area is 67.5 Å². The third kappa shape index (κ3) is 2.89. The zero-order valence-electron chi connectivity index (χ0n) is 6.97. The van der Waals surface area contributed by atoms with Crippen molar-refractivity contribution < 1.29 is 4.79 Å². The maximum absolute atomic E-state index is 10.0. The molecule has 1 atom stereocenters. The minimum atomic E-state index is 0.121.